The van der Waals surface area contributed by atoms with Crippen LogP contribution < -0.4 is 10.4 Å². The Morgan fingerprint density at radius 1 is 0.970 bits per heavy atom. The van der Waals surface area contributed by atoms with Crippen molar-refractivity contribution in [1.29, 1.82) is 0 Å². The number of hydrogen-bond acceptors (Lipinski definition) is 7. The summed E-state index contributed by atoms with van der Waals surface area (Å²) in [5.74, 6) is -1.35. The SMILES string of the molecule is CCC(=O)c1c(O)oc(=O)c(C(CC)=Nc2ccc(OCCCc3ccccc3)cc2)c1O. The smallest absolute Gasteiger partial charge is 0.351 e. The number of nitrogens with zero attached hydrogens (tertiary/aromatic N) is 1. The number of carbonyl (C=O) groups is 1. The molecule has 2 aromatic carbocycles. The van der Waals surface area contributed by atoms with Crippen molar-refractivity contribution in [2.45, 2.75) is 39.5 Å². The molecule has 0 fully saturated rings. The molecule has 0 amide bonds. The Morgan fingerprint density at radius 2 is 1.67 bits per heavy atom. The van der Waals surface area contributed by atoms with Gasteiger partial charge in [0, 0.05) is 6.42 Å². The Morgan fingerprint density at radius 3 is 2.30 bits per heavy atom. The van der Waals surface area contributed by atoms with E-state index in [-0.39, 0.29) is 17.7 Å². The molecule has 1 aromatic heterocycles. The van der Waals surface area contributed by atoms with Crippen molar-refractivity contribution < 1.29 is 24.2 Å². The van der Waals surface area contributed by atoms with Gasteiger partial charge in [-0.05, 0) is 49.1 Å². The van der Waals surface area contributed by atoms with Gasteiger partial charge in [0.15, 0.2) is 5.78 Å². The first-order valence-electron chi connectivity index (χ1n) is 10.9. The molecule has 7 nitrogen and oxygen atoms in total. The predicted octanol–water partition coefficient (Wildman–Crippen LogP) is 5.19. The van der Waals surface area contributed by atoms with Crippen LogP contribution in [0, 0.1) is 0 Å². The topological polar surface area (TPSA) is 109 Å². The third kappa shape index (κ3) is 5.88. The summed E-state index contributed by atoms with van der Waals surface area (Å²) in [6, 6.07) is 17.2. The van der Waals surface area contributed by atoms with Gasteiger partial charge in [0.05, 0.1) is 18.0 Å². The van der Waals surface area contributed by atoms with Crippen LogP contribution in [0.5, 0.6) is 17.4 Å². The van der Waals surface area contributed by atoms with Crippen molar-refractivity contribution in [3.8, 4) is 17.4 Å². The Hall–Kier alpha value is -3.87. The molecular weight excluding hydrogens is 422 g/mol. The van der Waals surface area contributed by atoms with E-state index in [9.17, 15) is 19.8 Å². The van der Waals surface area contributed by atoms with Crippen LogP contribution in [-0.4, -0.2) is 28.3 Å². The first kappa shape index (κ1) is 23.8. The van der Waals surface area contributed by atoms with Crippen molar-refractivity contribution in [2.75, 3.05) is 6.61 Å². The molecule has 0 saturated heterocycles. The summed E-state index contributed by atoms with van der Waals surface area (Å²) < 4.78 is 10.6. The Kier molecular flexibility index (Phi) is 8.02. The summed E-state index contributed by atoms with van der Waals surface area (Å²) >= 11 is 0. The molecule has 3 aromatic rings. The number of Topliss-reactive ketones (excluding diaryl/α,β-unsaturated/α-hetero) is 1. The van der Waals surface area contributed by atoms with Crippen molar-refractivity contribution >= 4 is 17.2 Å². The van der Waals surface area contributed by atoms with Gasteiger partial charge in [0.25, 0.3) is 5.95 Å². The van der Waals surface area contributed by atoms with E-state index in [2.05, 4.69) is 17.1 Å². The lowest BCUT2D eigenvalue weighted by molar-refractivity contribution is 0.0976. The lowest BCUT2D eigenvalue weighted by Gasteiger charge is -2.10. The molecule has 7 heteroatoms. The van der Waals surface area contributed by atoms with Crippen molar-refractivity contribution in [1.82, 2.24) is 0 Å². The Labute approximate surface area is 192 Å². The van der Waals surface area contributed by atoms with Crippen LogP contribution in [0.15, 0.2) is 68.8 Å². The summed E-state index contributed by atoms with van der Waals surface area (Å²) in [7, 11) is 0. The third-order valence-corrected chi connectivity index (χ3v) is 5.13. The van der Waals surface area contributed by atoms with Gasteiger partial charge in [0.2, 0.25) is 0 Å². The molecule has 0 spiro atoms. The van der Waals surface area contributed by atoms with E-state index in [0.717, 1.165) is 12.8 Å². The van der Waals surface area contributed by atoms with Crippen LogP contribution >= 0.6 is 0 Å². The van der Waals surface area contributed by atoms with Gasteiger partial charge in [-0.3, -0.25) is 9.79 Å². The van der Waals surface area contributed by atoms with E-state index >= 15 is 0 Å². The quantitative estimate of drug-likeness (QED) is 0.251. The van der Waals surface area contributed by atoms with Gasteiger partial charge in [-0.2, -0.15) is 0 Å². The number of aromatic hydroxyl groups is 2. The zero-order valence-corrected chi connectivity index (χ0v) is 18.7. The van der Waals surface area contributed by atoms with Gasteiger partial charge in [-0.1, -0.05) is 44.2 Å². The molecule has 0 aliphatic heterocycles. The average molecular weight is 450 g/mol. The summed E-state index contributed by atoms with van der Waals surface area (Å²) in [6.07, 6.45) is 2.14. The molecule has 2 N–H and O–H groups in total. The van der Waals surface area contributed by atoms with E-state index < -0.39 is 28.7 Å². The fourth-order valence-corrected chi connectivity index (χ4v) is 3.39. The summed E-state index contributed by atoms with van der Waals surface area (Å²) in [4.78, 5) is 28.8. The second kappa shape index (κ2) is 11.1. The number of aryl methyl sites for hydroxylation is 1. The molecule has 0 unspecified atom stereocenters. The van der Waals surface area contributed by atoms with E-state index in [1.54, 1.807) is 38.1 Å². The monoisotopic (exact) mass is 449 g/mol. The van der Waals surface area contributed by atoms with Crippen molar-refractivity contribution in [3.63, 3.8) is 0 Å². The molecule has 0 saturated carbocycles. The zero-order chi connectivity index (χ0) is 23.8. The molecule has 0 bridgehead atoms. The summed E-state index contributed by atoms with van der Waals surface area (Å²) in [5, 5.41) is 20.4. The van der Waals surface area contributed by atoms with Crippen LogP contribution in [0.4, 0.5) is 5.69 Å². The summed E-state index contributed by atoms with van der Waals surface area (Å²) in [5.41, 5.74) is 0.447. The molecule has 0 aliphatic rings. The van der Waals surface area contributed by atoms with Gasteiger partial charge < -0.3 is 19.4 Å². The first-order chi connectivity index (χ1) is 15.9. The van der Waals surface area contributed by atoms with Crippen LogP contribution in [-0.2, 0) is 6.42 Å². The standard InChI is InChI=1S/C26H27NO6/c1-3-20(22-24(29)23(21(28)4-2)26(31)33-25(22)30)27-18-12-14-19(15-13-18)32-16-8-11-17-9-6-5-7-10-17/h5-7,9-10,12-15,29,31H,3-4,8,11,16H2,1-2H3. The van der Waals surface area contributed by atoms with Crippen LogP contribution in [0.1, 0.15) is 54.6 Å². The highest BCUT2D eigenvalue weighted by Crippen LogP contribution is 2.31. The minimum absolute atomic E-state index is 0.0275. The maximum Gasteiger partial charge on any atom is 0.351 e. The van der Waals surface area contributed by atoms with Crippen LogP contribution in [0.25, 0.3) is 0 Å². The van der Waals surface area contributed by atoms with Gasteiger partial charge in [0.1, 0.15) is 22.6 Å². The Bertz CT molecular complexity index is 1180. The highest BCUT2D eigenvalue weighted by molar-refractivity contribution is 6.08. The van der Waals surface area contributed by atoms with Crippen LogP contribution in [0.3, 0.4) is 0 Å². The maximum absolute atomic E-state index is 12.3. The fourth-order valence-electron chi connectivity index (χ4n) is 3.39. The molecule has 0 aliphatic carbocycles. The summed E-state index contributed by atoms with van der Waals surface area (Å²) in [6.45, 7) is 3.91. The van der Waals surface area contributed by atoms with E-state index in [1.807, 2.05) is 18.2 Å². The fraction of sp³-hybridized carbons (Fsp3) is 0.269. The minimum atomic E-state index is -0.961. The molecule has 1 heterocycles. The zero-order valence-electron chi connectivity index (χ0n) is 18.7. The van der Waals surface area contributed by atoms with E-state index in [0.29, 0.717) is 24.5 Å². The second-order valence-electron chi connectivity index (χ2n) is 7.41. The number of rotatable bonds is 10. The first-order valence-corrected chi connectivity index (χ1v) is 10.9. The molecule has 0 atom stereocenters. The number of ketones is 1. The van der Waals surface area contributed by atoms with Crippen LogP contribution in [0.2, 0.25) is 0 Å². The van der Waals surface area contributed by atoms with E-state index in [4.69, 9.17) is 9.15 Å². The lowest BCUT2D eigenvalue weighted by Crippen LogP contribution is -2.17. The largest absolute Gasteiger partial charge is 0.506 e. The van der Waals surface area contributed by atoms with Gasteiger partial charge in [-0.15, -0.1) is 0 Å². The molecule has 3 rings (SSSR count). The van der Waals surface area contributed by atoms with Gasteiger partial charge in [-0.25, -0.2) is 4.79 Å². The average Bonchev–Trinajstić information content (AvgIpc) is 2.82. The number of aliphatic imine (C=N–C) groups is 1. The number of carbonyl (C=O) groups excluding carboxylic acids is 1. The number of ether oxygens (including phenoxy) is 1. The van der Waals surface area contributed by atoms with E-state index in [1.165, 1.54) is 5.56 Å². The van der Waals surface area contributed by atoms with Crippen molar-refractivity contribution in [3.05, 3.63) is 81.7 Å². The highest BCUT2D eigenvalue weighted by Gasteiger charge is 2.26. The number of hydrogen-bond donors (Lipinski definition) is 2. The van der Waals surface area contributed by atoms with Crippen molar-refractivity contribution in [2.24, 2.45) is 4.99 Å². The molecule has 33 heavy (non-hydrogen) atoms. The second-order valence-corrected chi connectivity index (χ2v) is 7.41. The predicted molar refractivity (Wildman–Crippen MR) is 126 cm³/mol. The maximum atomic E-state index is 12.3. The van der Waals surface area contributed by atoms with Gasteiger partial charge >= 0.3 is 5.63 Å². The Balaban J connectivity index is 1.74. The minimum Gasteiger partial charge on any atom is -0.506 e. The lowest BCUT2D eigenvalue weighted by atomic mass is 10.0. The highest BCUT2D eigenvalue weighted by atomic mass is 16.5. The molecule has 0 radical (unpaired) electrons. The normalized spacial score (nSPS) is 11.4. The number of benzene rings is 2. The molecule has 172 valence electrons. The molecular formula is C26H27NO6. The third-order valence-electron chi connectivity index (χ3n) is 5.13.